The smallest absolute Gasteiger partial charge is 0.0787 e. The van der Waals surface area contributed by atoms with Gasteiger partial charge in [0, 0.05) is 11.6 Å². The maximum Gasteiger partial charge on any atom is 0.0787 e. The Morgan fingerprint density at radius 3 is 2.25 bits per heavy atom. The molecule has 96 valence electrons. The lowest BCUT2D eigenvalue weighted by atomic mass is 9.90. The van der Waals surface area contributed by atoms with Crippen LogP contribution in [0.5, 0.6) is 0 Å². The first-order valence-electron chi connectivity index (χ1n) is 6.23. The molecule has 1 fully saturated rings. The summed E-state index contributed by atoms with van der Waals surface area (Å²) in [7, 11) is 0. The molecule has 0 amide bonds. The highest BCUT2D eigenvalue weighted by atomic mass is 16.5. The van der Waals surface area contributed by atoms with E-state index in [9.17, 15) is 5.11 Å². The molecule has 0 aromatic carbocycles. The second kappa shape index (κ2) is 4.28. The molecule has 1 saturated heterocycles. The molecule has 2 unspecified atom stereocenters. The molecule has 0 aliphatic carbocycles. The third-order valence-corrected chi connectivity index (χ3v) is 3.73. The molecule has 1 aliphatic heterocycles. The van der Waals surface area contributed by atoms with Gasteiger partial charge in [-0.05, 0) is 47.5 Å². The van der Waals surface area contributed by atoms with Crippen LogP contribution in [0.1, 0.15) is 54.4 Å². The zero-order valence-corrected chi connectivity index (χ0v) is 11.6. The van der Waals surface area contributed by atoms with Crippen LogP contribution in [-0.2, 0) is 4.74 Å². The van der Waals surface area contributed by atoms with E-state index in [-0.39, 0.29) is 23.3 Å². The molecular formula is C13H27NO2. The summed E-state index contributed by atoms with van der Waals surface area (Å²) in [5.41, 5.74) is -0.452. The van der Waals surface area contributed by atoms with Crippen molar-refractivity contribution in [3.8, 4) is 0 Å². The summed E-state index contributed by atoms with van der Waals surface area (Å²) < 4.78 is 6.04. The third kappa shape index (κ3) is 2.96. The number of aliphatic hydroxyl groups is 1. The molecule has 3 heteroatoms. The van der Waals surface area contributed by atoms with Gasteiger partial charge in [-0.3, -0.25) is 0 Å². The van der Waals surface area contributed by atoms with Gasteiger partial charge in [0.15, 0.2) is 0 Å². The normalized spacial score (nSPS) is 31.3. The van der Waals surface area contributed by atoms with Gasteiger partial charge >= 0.3 is 0 Å². The number of ether oxygens (including phenoxy) is 1. The van der Waals surface area contributed by atoms with Crippen LogP contribution in [0.25, 0.3) is 0 Å². The fourth-order valence-electron chi connectivity index (χ4n) is 2.47. The Morgan fingerprint density at radius 1 is 1.38 bits per heavy atom. The fraction of sp³-hybridized carbons (Fsp3) is 1.00. The summed E-state index contributed by atoms with van der Waals surface area (Å²) in [6.45, 7) is 12.8. The molecule has 2 N–H and O–H groups in total. The molecule has 0 spiro atoms. The van der Waals surface area contributed by atoms with Crippen molar-refractivity contribution in [1.29, 1.82) is 0 Å². The van der Waals surface area contributed by atoms with Crippen LogP contribution in [0.4, 0.5) is 0 Å². The van der Waals surface area contributed by atoms with Crippen LogP contribution in [0.2, 0.25) is 0 Å². The molecule has 0 aromatic heterocycles. The van der Waals surface area contributed by atoms with Gasteiger partial charge in [-0.15, -0.1) is 0 Å². The minimum atomic E-state index is -0.203. The zero-order chi connectivity index (χ0) is 12.6. The molecule has 0 saturated carbocycles. The molecular weight excluding hydrogens is 202 g/mol. The quantitative estimate of drug-likeness (QED) is 0.775. The van der Waals surface area contributed by atoms with Crippen LogP contribution in [-0.4, -0.2) is 34.5 Å². The standard InChI is InChI=1S/C13H27NO2/c1-7-13(6,9-15)14-10-8-11(2,3)16-12(10,4)5/h10,14-15H,7-9H2,1-6H3. The van der Waals surface area contributed by atoms with Crippen molar-refractivity contribution < 1.29 is 9.84 Å². The number of rotatable bonds is 4. The molecule has 1 heterocycles. The first-order valence-corrected chi connectivity index (χ1v) is 6.23. The topological polar surface area (TPSA) is 41.5 Å². The van der Waals surface area contributed by atoms with E-state index < -0.39 is 0 Å². The highest BCUT2D eigenvalue weighted by molar-refractivity contribution is 5.02. The van der Waals surface area contributed by atoms with E-state index in [2.05, 4.69) is 46.9 Å². The van der Waals surface area contributed by atoms with Crippen LogP contribution in [0.3, 0.4) is 0 Å². The Balaban J connectivity index is 2.75. The van der Waals surface area contributed by atoms with Gasteiger partial charge in [-0.25, -0.2) is 0 Å². The van der Waals surface area contributed by atoms with Gasteiger partial charge in [0.25, 0.3) is 0 Å². The lowest BCUT2D eigenvalue weighted by Gasteiger charge is -2.36. The van der Waals surface area contributed by atoms with Crippen molar-refractivity contribution in [3.63, 3.8) is 0 Å². The Morgan fingerprint density at radius 2 is 1.94 bits per heavy atom. The van der Waals surface area contributed by atoms with Gasteiger partial charge < -0.3 is 15.2 Å². The first kappa shape index (κ1) is 13.9. The van der Waals surface area contributed by atoms with Crippen molar-refractivity contribution in [2.24, 2.45) is 0 Å². The zero-order valence-electron chi connectivity index (χ0n) is 11.6. The van der Waals surface area contributed by atoms with Crippen LogP contribution in [0.15, 0.2) is 0 Å². The van der Waals surface area contributed by atoms with Crippen LogP contribution >= 0.6 is 0 Å². The lowest BCUT2D eigenvalue weighted by Crippen LogP contribution is -2.55. The van der Waals surface area contributed by atoms with E-state index >= 15 is 0 Å². The van der Waals surface area contributed by atoms with E-state index in [0.717, 1.165) is 12.8 Å². The summed E-state index contributed by atoms with van der Waals surface area (Å²) in [5, 5.41) is 13.0. The largest absolute Gasteiger partial charge is 0.394 e. The van der Waals surface area contributed by atoms with Crippen LogP contribution < -0.4 is 5.32 Å². The van der Waals surface area contributed by atoms with Gasteiger partial charge in [0.2, 0.25) is 0 Å². The number of hydrogen-bond donors (Lipinski definition) is 2. The maximum absolute atomic E-state index is 9.44. The van der Waals surface area contributed by atoms with E-state index in [1.807, 2.05) is 0 Å². The number of aliphatic hydroxyl groups excluding tert-OH is 1. The Bertz CT molecular complexity index is 244. The predicted molar refractivity (Wildman–Crippen MR) is 66.6 cm³/mol. The monoisotopic (exact) mass is 229 g/mol. The molecule has 16 heavy (non-hydrogen) atoms. The Hall–Kier alpha value is -0.120. The summed E-state index contributed by atoms with van der Waals surface area (Å²) in [6, 6.07) is 0.291. The summed E-state index contributed by atoms with van der Waals surface area (Å²) in [6.07, 6.45) is 1.89. The third-order valence-electron chi connectivity index (χ3n) is 3.73. The summed E-state index contributed by atoms with van der Waals surface area (Å²) in [5.74, 6) is 0. The van der Waals surface area contributed by atoms with Crippen molar-refractivity contribution >= 4 is 0 Å². The molecule has 1 rings (SSSR count). The molecule has 0 radical (unpaired) electrons. The van der Waals surface area contributed by atoms with Crippen LogP contribution in [0, 0.1) is 0 Å². The van der Waals surface area contributed by atoms with Crippen molar-refractivity contribution in [2.75, 3.05) is 6.61 Å². The fourth-order valence-corrected chi connectivity index (χ4v) is 2.47. The predicted octanol–water partition coefficient (Wildman–Crippen LogP) is 2.08. The van der Waals surface area contributed by atoms with E-state index in [4.69, 9.17) is 4.74 Å². The minimum absolute atomic E-state index is 0.0781. The van der Waals surface area contributed by atoms with Crippen molar-refractivity contribution in [2.45, 2.75) is 77.2 Å². The summed E-state index contributed by atoms with van der Waals surface area (Å²) >= 11 is 0. The first-order chi connectivity index (χ1) is 7.14. The van der Waals surface area contributed by atoms with Gasteiger partial charge in [-0.1, -0.05) is 6.92 Å². The highest BCUT2D eigenvalue weighted by Gasteiger charge is 2.47. The van der Waals surface area contributed by atoms with Gasteiger partial charge in [0.05, 0.1) is 17.8 Å². The second-order valence-electron chi connectivity index (χ2n) is 6.44. The molecule has 1 aliphatic rings. The van der Waals surface area contributed by atoms with E-state index in [1.165, 1.54) is 0 Å². The van der Waals surface area contributed by atoms with Gasteiger partial charge in [-0.2, -0.15) is 0 Å². The average Bonchev–Trinajstić information content (AvgIpc) is 2.34. The molecule has 0 aromatic rings. The minimum Gasteiger partial charge on any atom is -0.394 e. The lowest BCUT2D eigenvalue weighted by molar-refractivity contribution is -0.0722. The van der Waals surface area contributed by atoms with E-state index in [1.54, 1.807) is 0 Å². The Labute approximate surface area is 99.6 Å². The Kier molecular flexibility index (Phi) is 3.73. The number of hydrogen-bond acceptors (Lipinski definition) is 3. The maximum atomic E-state index is 9.44. The van der Waals surface area contributed by atoms with Crippen molar-refractivity contribution in [1.82, 2.24) is 5.32 Å². The van der Waals surface area contributed by atoms with Crippen molar-refractivity contribution in [3.05, 3.63) is 0 Å². The molecule has 0 bridgehead atoms. The molecule has 3 nitrogen and oxygen atoms in total. The second-order valence-corrected chi connectivity index (χ2v) is 6.44. The van der Waals surface area contributed by atoms with Gasteiger partial charge in [0.1, 0.15) is 0 Å². The van der Waals surface area contributed by atoms with E-state index in [0.29, 0.717) is 6.04 Å². The summed E-state index contributed by atoms with van der Waals surface area (Å²) in [4.78, 5) is 0. The number of nitrogens with one attached hydrogen (secondary N) is 1. The SMILES string of the molecule is CCC(C)(CO)NC1CC(C)(C)OC1(C)C. The highest BCUT2D eigenvalue weighted by Crippen LogP contribution is 2.38. The molecule has 2 atom stereocenters. The average molecular weight is 229 g/mol.